The van der Waals surface area contributed by atoms with Gasteiger partial charge in [-0.25, -0.2) is 0 Å². The average Bonchev–Trinajstić information content (AvgIpc) is 3.46. The second-order valence-electron chi connectivity index (χ2n) is 7.06. The third-order valence-corrected chi connectivity index (χ3v) is 6.02. The lowest BCUT2D eigenvalue weighted by atomic mass is 10.1. The molecule has 0 bridgehead atoms. The van der Waals surface area contributed by atoms with E-state index in [-0.39, 0.29) is 0 Å². The van der Waals surface area contributed by atoms with Crippen LogP contribution in [0.25, 0.3) is 22.2 Å². The zero-order chi connectivity index (χ0) is 20.4. The number of halogens is 1. The molecule has 1 atom stereocenters. The molecule has 3 aromatic heterocycles. The quantitative estimate of drug-likeness (QED) is 0.365. The van der Waals surface area contributed by atoms with Crippen molar-refractivity contribution in [2.24, 2.45) is 5.92 Å². The minimum Gasteiger partial charge on any atom is -0.334 e. The Bertz CT molecular complexity index is 1090. The highest BCUT2D eigenvalue weighted by atomic mass is 35.5. The van der Waals surface area contributed by atoms with Crippen LogP contribution in [0.1, 0.15) is 37.2 Å². The second-order valence-corrected chi connectivity index (χ2v) is 8.96. The summed E-state index contributed by atoms with van der Waals surface area (Å²) in [6.07, 6.45) is 1.00. The molecule has 0 N–H and O–H groups in total. The SMILES string of the molecule is CC(C)CCn1c(-c2cccs2)nnc1C(S)c1noc(-c2cccc(Cl)c2)n1. The van der Waals surface area contributed by atoms with Crippen LogP contribution in [0.2, 0.25) is 5.02 Å². The maximum Gasteiger partial charge on any atom is 0.258 e. The first-order valence-corrected chi connectivity index (χ1v) is 11.0. The molecule has 0 aliphatic heterocycles. The van der Waals surface area contributed by atoms with Crippen molar-refractivity contribution in [3.63, 3.8) is 0 Å². The fraction of sp³-hybridized carbons (Fsp3) is 0.300. The predicted octanol–water partition coefficient (Wildman–Crippen LogP) is 5.78. The maximum absolute atomic E-state index is 6.07. The maximum atomic E-state index is 6.07. The average molecular weight is 446 g/mol. The van der Waals surface area contributed by atoms with Gasteiger partial charge < -0.3 is 9.09 Å². The summed E-state index contributed by atoms with van der Waals surface area (Å²) in [5, 5.41) is 15.2. The van der Waals surface area contributed by atoms with Gasteiger partial charge in [0, 0.05) is 17.1 Å². The Balaban J connectivity index is 1.67. The van der Waals surface area contributed by atoms with Gasteiger partial charge in [0.2, 0.25) is 0 Å². The van der Waals surface area contributed by atoms with Gasteiger partial charge in [0.1, 0.15) is 5.25 Å². The molecule has 0 saturated carbocycles. The van der Waals surface area contributed by atoms with Crippen LogP contribution in [0, 0.1) is 5.92 Å². The van der Waals surface area contributed by atoms with E-state index in [1.54, 1.807) is 23.5 Å². The largest absolute Gasteiger partial charge is 0.334 e. The molecule has 0 fully saturated rings. The summed E-state index contributed by atoms with van der Waals surface area (Å²) in [4.78, 5) is 5.59. The van der Waals surface area contributed by atoms with Gasteiger partial charge in [0.25, 0.3) is 5.89 Å². The first-order valence-electron chi connectivity index (χ1n) is 9.27. The van der Waals surface area contributed by atoms with E-state index in [1.807, 2.05) is 29.6 Å². The highest BCUT2D eigenvalue weighted by Gasteiger charge is 2.25. The van der Waals surface area contributed by atoms with Crippen molar-refractivity contribution in [2.75, 3.05) is 0 Å². The molecule has 0 aliphatic carbocycles. The minimum absolute atomic E-state index is 0.397. The zero-order valence-electron chi connectivity index (χ0n) is 16.0. The van der Waals surface area contributed by atoms with Gasteiger partial charge in [-0.1, -0.05) is 42.7 Å². The first-order chi connectivity index (χ1) is 14.0. The lowest BCUT2D eigenvalue weighted by molar-refractivity contribution is 0.422. The third-order valence-electron chi connectivity index (χ3n) is 4.45. The molecule has 6 nitrogen and oxygen atoms in total. The second kappa shape index (κ2) is 8.69. The molecule has 150 valence electrons. The van der Waals surface area contributed by atoms with E-state index in [9.17, 15) is 0 Å². The molecular formula is C20H20ClN5OS2. The number of hydrogen-bond acceptors (Lipinski definition) is 7. The number of hydrogen-bond donors (Lipinski definition) is 1. The molecule has 0 saturated heterocycles. The summed E-state index contributed by atoms with van der Waals surface area (Å²) in [5.74, 6) is 2.94. The van der Waals surface area contributed by atoms with Crippen LogP contribution < -0.4 is 0 Å². The Morgan fingerprint density at radius 2 is 2.07 bits per heavy atom. The topological polar surface area (TPSA) is 69.6 Å². The third kappa shape index (κ3) is 4.39. The number of thiol groups is 1. The summed E-state index contributed by atoms with van der Waals surface area (Å²) < 4.78 is 7.55. The fourth-order valence-electron chi connectivity index (χ4n) is 2.91. The van der Waals surface area contributed by atoms with E-state index in [4.69, 9.17) is 28.8 Å². The zero-order valence-corrected chi connectivity index (χ0v) is 18.5. The molecule has 9 heteroatoms. The Morgan fingerprint density at radius 3 is 2.79 bits per heavy atom. The van der Waals surface area contributed by atoms with Crippen molar-refractivity contribution in [3.8, 4) is 22.2 Å². The summed E-state index contributed by atoms with van der Waals surface area (Å²) in [6, 6.07) is 11.4. The minimum atomic E-state index is -0.458. The molecule has 0 spiro atoms. The Labute approximate surface area is 183 Å². The lowest BCUT2D eigenvalue weighted by Crippen LogP contribution is -2.11. The number of thiophene rings is 1. The summed E-state index contributed by atoms with van der Waals surface area (Å²) in [6.45, 7) is 5.19. The van der Waals surface area contributed by atoms with Gasteiger partial charge in [0.05, 0.1) is 4.88 Å². The van der Waals surface area contributed by atoms with E-state index in [1.165, 1.54) is 0 Å². The normalized spacial score (nSPS) is 12.6. The van der Waals surface area contributed by atoms with Crippen molar-refractivity contribution < 1.29 is 4.52 Å². The number of benzene rings is 1. The number of nitrogens with zero attached hydrogens (tertiary/aromatic N) is 5. The Morgan fingerprint density at radius 1 is 1.21 bits per heavy atom. The van der Waals surface area contributed by atoms with Gasteiger partial charge >= 0.3 is 0 Å². The van der Waals surface area contributed by atoms with E-state index < -0.39 is 5.25 Å². The van der Waals surface area contributed by atoms with Gasteiger partial charge in [-0.05, 0) is 42.0 Å². The monoisotopic (exact) mass is 445 g/mol. The van der Waals surface area contributed by atoms with Crippen LogP contribution in [0.4, 0.5) is 0 Å². The van der Waals surface area contributed by atoms with Gasteiger partial charge in [0.15, 0.2) is 17.5 Å². The summed E-state index contributed by atoms with van der Waals surface area (Å²) >= 11 is 12.5. The van der Waals surface area contributed by atoms with Crippen LogP contribution in [0.5, 0.6) is 0 Å². The standard InChI is InChI=1S/C20H20ClN5OS2/c1-12(2)8-9-26-18(15-7-4-10-29-15)23-24-19(26)16(28)17-22-20(27-25-17)13-5-3-6-14(21)11-13/h3-7,10-12,16,28H,8-9H2,1-2H3. The van der Waals surface area contributed by atoms with Crippen molar-refractivity contribution in [1.82, 2.24) is 24.9 Å². The highest BCUT2D eigenvalue weighted by Crippen LogP contribution is 2.32. The molecule has 1 unspecified atom stereocenters. The van der Waals surface area contributed by atoms with E-state index in [0.29, 0.717) is 28.5 Å². The van der Waals surface area contributed by atoms with Crippen molar-refractivity contribution >= 4 is 35.6 Å². The molecule has 1 aromatic carbocycles. The van der Waals surface area contributed by atoms with E-state index in [0.717, 1.165) is 29.2 Å². The molecule has 4 rings (SSSR count). The van der Waals surface area contributed by atoms with Crippen LogP contribution in [0.15, 0.2) is 46.3 Å². The number of aromatic nitrogens is 5. The van der Waals surface area contributed by atoms with Gasteiger partial charge in [-0.15, -0.1) is 21.5 Å². The Hall–Kier alpha value is -2.16. The first kappa shape index (κ1) is 20.1. The number of rotatable bonds is 7. The summed E-state index contributed by atoms with van der Waals surface area (Å²) in [7, 11) is 0. The van der Waals surface area contributed by atoms with Crippen molar-refractivity contribution in [1.29, 1.82) is 0 Å². The molecule has 0 radical (unpaired) electrons. The molecule has 3 heterocycles. The molecule has 0 aliphatic rings. The van der Waals surface area contributed by atoms with Crippen LogP contribution in [0.3, 0.4) is 0 Å². The van der Waals surface area contributed by atoms with Crippen LogP contribution in [-0.2, 0) is 6.54 Å². The molecule has 0 amide bonds. The highest BCUT2D eigenvalue weighted by molar-refractivity contribution is 7.80. The van der Waals surface area contributed by atoms with Gasteiger partial charge in [-0.3, -0.25) is 0 Å². The lowest BCUT2D eigenvalue weighted by Gasteiger charge is -2.13. The van der Waals surface area contributed by atoms with Crippen molar-refractivity contribution in [2.45, 2.75) is 32.1 Å². The molecule has 29 heavy (non-hydrogen) atoms. The van der Waals surface area contributed by atoms with Crippen molar-refractivity contribution in [3.05, 3.63) is 58.4 Å². The molecular weight excluding hydrogens is 426 g/mol. The smallest absolute Gasteiger partial charge is 0.258 e. The van der Waals surface area contributed by atoms with Gasteiger partial charge in [-0.2, -0.15) is 17.6 Å². The van der Waals surface area contributed by atoms with Crippen LogP contribution in [-0.4, -0.2) is 24.9 Å². The van der Waals surface area contributed by atoms with E-state index in [2.05, 4.69) is 38.8 Å². The van der Waals surface area contributed by atoms with E-state index >= 15 is 0 Å². The fourth-order valence-corrected chi connectivity index (χ4v) is 4.12. The Kier molecular flexibility index (Phi) is 6.03. The molecule has 4 aromatic rings. The predicted molar refractivity (Wildman–Crippen MR) is 118 cm³/mol. The summed E-state index contributed by atoms with van der Waals surface area (Å²) in [5.41, 5.74) is 0.761. The van der Waals surface area contributed by atoms with Crippen LogP contribution >= 0.6 is 35.6 Å².